The van der Waals surface area contributed by atoms with Crippen LogP contribution in [0.25, 0.3) is 0 Å². The molecule has 12 heteroatoms. The third-order valence-electron chi connectivity index (χ3n) is 4.95. The fourth-order valence-corrected chi connectivity index (χ4v) is 4.82. The second-order valence-corrected chi connectivity index (χ2v) is 9.20. The summed E-state index contributed by atoms with van der Waals surface area (Å²) in [6.45, 7) is -0.563. The van der Waals surface area contributed by atoms with Crippen LogP contribution in [0.2, 0.25) is 0 Å². The minimum absolute atomic E-state index is 0.0507. The van der Waals surface area contributed by atoms with Crippen molar-refractivity contribution < 1.29 is 39.6 Å². The molecule has 1 aliphatic heterocycles. The number of rotatable bonds is 4. The molecule has 2 aromatic carbocycles. The van der Waals surface area contributed by atoms with Crippen molar-refractivity contribution in [2.24, 2.45) is 0 Å². The van der Waals surface area contributed by atoms with Crippen LogP contribution in [0.3, 0.4) is 0 Å². The number of carbonyl (C=O) groups excluding carboxylic acids is 1. The van der Waals surface area contributed by atoms with Gasteiger partial charge in [0.1, 0.15) is 0 Å². The second-order valence-electron chi connectivity index (χ2n) is 7.23. The average molecular weight is 480 g/mol. The number of halogens is 6. The highest BCUT2D eigenvalue weighted by Gasteiger charge is 2.38. The lowest BCUT2D eigenvalue weighted by Crippen LogP contribution is -2.50. The standard InChI is InChI=1S/C20H18F6N2O3S/c21-19(22,23)16-10-15(11-17(12-16)20(24,25)26)18(29)27-6-8-28(9-7-27)32(30,31)13-14-4-2-1-3-5-14/h1-5,10-12H,6-9,13H2. The molecule has 0 N–H and O–H groups in total. The fraction of sp³-hybridized carbons (Fsp3) is 0.350. The Morgan fingerprint density at radius 3 is 1.78 bits per heavy atom. The molecule has 3 rings (SSSR count). The third-order valence-corrected chi connectivity index (χ3v) is 6.80. The number of sulfonamides is 1. The van der Waals surface area contributed by atoms with Crippen LogP contribution in [0.4, 0.5) is 26.3 Å². The topological polar surface area (TPSA) is 57.7 Å². The Kier molecular flexibility index (Phi) is 6.57. The summed E-state index contributed by atoms with van der Waals surface area (Å²) in [4.78, 5) is 13.7. The monoisotopic (exact) mass is 480 g/mol. The first-order chi connectivity index (χ1) is 14.8. The van der Waals surface area contributed by atoms with Crippen LogP contribution in [0.15, 0.2) is 48.5 Å². The van der Waals surface area contributed by atoms with Crippen LogP contribution < -0.4 is 0 Å². The largest absolute Gasteiger partial charge is 0.416 e. The molecular weight excluding hydrogens is 462 g/mol. The average Bonchev–Trinajstić information content (AvgIpc) is 2.72. The summed E-state index contributed by atoms with van der Waals surface area (Å²) in [6, 6.07) is 9.08. The van der Waals surface area contributed by atoms with Crippen LogP contribution in [0, 0.1) is 0 Å². The molecule has 0 spiro atoms. The van der Waals surface area contributed by atoms with Gasteiger partial charge in [0, 0.05) is 31.7 Å². The van der Waals surface area contributed by atoms with E-state index in [1.165, 1.54) is 0 Å². The molecule has 1 fully saturated rings. The summed E-state index contributed by atoms with van der Waals surface area (Å²) in [5, 5.41) is 0. The van der Waals surface area contributed by atoms with E-state index in [2.05, 4.69) is 0 Å². The molecule has 0 bridgehead atoms. The summed E-state index contributed by atoms with van der Waals surface area (Å²) in [7, 11) is -3.70. The number of nitrogens with zero attached hydrogens (tertiary/aromatic N) is 2. The Morgan fingerprint density at radius 1 is 0.812 bits per heavy atom. The summed E-state index contributed by atoms with van der Waals surface area (Å²) in [5.41, 5.74) is -3.36. The lowest BCUT2D eigenvalue weighted by atomic mass is 10.0. The Bertz CT molecular complexity index is 1040. The van der Waals surface area contributed by atoms with Gasteiger partial charge in [0.2, 0.25) is 10.0 Å². The Balaban J connectivity index is 1.75. The van der Waals surface area contributed by atoms with Crippen LogP contribution in [-0.4, -0.2) is 49.7 Å². The Morgan fingerprint density at radius 2 is 1.31 bits per heavy atom. The van der Waals surface area contributed by atoms with E-state index in [-0.39, 0.29) is 38.0 Å². The molecule has 0 radical (unpaired) electrons. The van der Waals surface area contributed by atoms with E-state index in [0.29, 0.717) is 17.7 Å². The van der Waals surface area contributed by atoms with Gasteiger partial charge in [-0.3, -0.25) is 4.79 Å². The molecule has 32 heavy (non-hydrogen) atoms. The smallest absolute Gasteiger partial charge is 0.336 e. The van der Waals surface area contributed by atoms with E-state index < -0.39 is 45.0 Å². The zero-order valence-corrected chi connectivity index (χ0v) is 17.3. The molecule has 1 heterocycles. The second kappa shape index (κ2) is 8.74. The van der Waals surface area contributed by atoms with Crippen molar-refractivity contribution in [2.75, 3.05) is 26.2 Å². The third kappa shape index (κ3) is 5.60. The molecule has 1 saturated heterocycles. The minimum Gasteiger partial charge on any atom is -0.336 e. The van der Waals surface area contributed by atoms with E-state index in [0.717, 1.165) is 9.21 Å². The van der Waals surface area contributed by atoms with Crippen molar-refractivity contribution in [1.29, 1.82) is 0 Å². The van der Waals surface area contributed by atoms with Crippen LogP contribution >= 0.6 is 0 Å². The van der Waals surface area contributed by atoms with Crippen LogP contribution in [-0.2, 0) is 28.1 Å². The highest BCUT2D eigenvalue weighted by Crippen LogP contribution is 2.36. The lowest BCUT2D eigenvalue weighted by Gasteiger charge is -2.34. The Hall–Kier alpha value is -2.60. The SMILES string of the molecule is O=C(c1cc(C(F)(F)F)cc(C(F)(F)F)c1)N1CCN(S(=O)(=O)Cc2ccccc2)CC1. The molecule has 174 valence electrons. The van der Waals surface area contributed by atoms with Gasteiger partial charge in [0.15, 0.2) is 0 Å². The number of alkyl halides is 6. The van der Waals surface area contributed by atoms with Gasteiger partial charge in [-0.25, -0.2) is 8.42 Å². The predicted octanol–water partition coefficient (Wildman–Crippen LogP) is 4.01. The first kappa shape index (κ1) is 24.1. The molecule has 2 aromatic rings. The van der Waals surface area contributed by atoms with Crippen molar-refractivity contribution in [2.45, 2.75) is 18.1 Å². The van der Waals surface area contributed by atoms with Crippen molar-refractivity contribution in [1.82, 2.24) is 9.21 Å². The van der Waals surface area contributed by atoms with Gasteiger partial charge in [-0.05, 0) is 23.8 Å². The molecule has 1 aliphatic rings. The first-order valence-corrected chi connectivity index (χ1v) is 11.0. The van der Waals surface area contributed by atoms with Gasteiger partial charge in [-0.1, -0.05) is 30.3 Å². The number of amides is 1. The molecular formula is C20H18F6N2O3S. The maximum absolute atomic E-state index is 13.0. The molecule has 0 aliphatic carbocycles. The van der Waals surface area contributed by atoms with Crippen molar-refractivity contribution in [3.05, 3.63) is 70.8 Å². The summed E-state index contributed by atoms with van der Waals surface area (Å²) < 4.78 is 105. The summed E-state index contributed by atoms with van der Waals surface area (Å²) >= 11 is 0. The molecule has 1 amide bonds. The molecule has 5 nitrogen and oxygen atoms in total. The molecule has 0 saturated carbocycles. The first-order valence-electron chi connectivity index (χ1n) is 9.38. The van der Waals surface area contributed by atoms with Gasteiger partial charge >= 0.3 is 12.4 Å². The quantitative estimate of drug-likeness (QED) is 0.622. The number of hydrogen-bond donors (Lipinski definition) is 0. The van der Waals surface area contributed by atoms with E-state index >= 15 is 0 Å². The normalized spacial score (nSPS) is 16.2. The lowest BCUT2D eigenvalue weighted by molar-refractivity contribution is -0.143. The molecule has 0 aromatic heterocycles. The highest BCUT2D eigenvalue weighted by atomic mass is 32.2. The molecule has 0 atom stereocenters. The van der Waals surface area contributed by atoms with Gasteiger partial charge in [-0.2, -0.15) is 30.6 Å². The van der Waals surface area contributed by atoms with E-state index in [4.69, 9.17) is 0 Å². The van der Waals surface area contributed by atoms with E-state index in [9.17, 15) is 39.6 Å². The van der Waals surface area contributed by atoms with Gasteiger partial charge in [0.05, 0.1) is 16.9 Å². The maximum Gasteiger partial charge on any atom is 0.416 e. The van der Waals surface area contributed by atoms with Gasteiger partial charge in [0.25, 0.3) is 5.91 Å². The Labute approximate surface area is 180 Å². The van der Waals surface area contributed by atoms with Crippen molar-refractivity contribution in [3.8, 4) is 0 Å². The minimum atomic E-state index is -5.07. The van der Waals surface area contributed by atoms with Crippen molar-refractivity contribution >= 4 is 15.9 Å². The van der Waals surface area contributed by atoms with Crippen molar-refractivity contribution in [3.63, 3.8) is 0 Å². The van der Waals surface area contributed by atoms with Gasteiger partial charge < -0.3 is 4.90 Å². The zero-order chi connectivity index (χ0) is 23.7. The summed E-state index contributed by atoms with van der Waals surface area (Å²) in [6.07, 6.45) is -10.1. The fourth-order valence-electron chi connectivity index (χ4n) is 3.31. The van der Waals surface area contributed by atoms with E-state index in [1.807, 2.05) is 0 Å². The predicted molar refractivity (Wildman–Crippen MR) is 103 cm³/mol. The van der Waals surface area contributed by atoms with Crippen LogP contribution in [0.1, 0.15) is 27.0 Å². The number of hydrogen-bond acceptors (Lipinski definition) is 3. The summed E-state index contributed by atoms with van der Waals surface area (Å²) in [5.74, 6) is -1.29. The number of piperazine rings is 1. The maximum atomic E-state index is 13.0. The number of benzene rings is 2. The van der Waals surface area contributed by atoms with Crippen LogP contribution in [0.5, 0.6) is 0 Å². The van der Waals surface area contributed by atoms with E-state index in [1.54, 1.807) is 30.3 Å². The zero-order valence-electron chi connectivity index (χ0n) is 16.4. The van der Waals surface area contributed by atoms with Gasteiger partial charge in [-0.15, -0.1) is 0 Å². The number of carbonyl (C=O) groups is 1. The highest BCUT2D eigenvalue weighted by molar-refractivity contribution is 7.88. The molecule has 0 unspecified atom stereocenters.